The maximum atomic E-state index is 6.05. The highest BCUT2D eigenvalue weighted by Crippen LogP contribution is 2.36. The van der Waals surface area contributed by atoms with Gasteiger partial charge in [-0.15, -0.1) is 0 Å². The molecule has 0 unspecified atom stereocenters. The van der Waals surface area contributed by atoms with Crippen LogP contribution in [0, 0.1) is 5.92 Å². The van der Waals surface area contributed by atoms with E-state index >= 15 is 0 Å². The number of ether oxygens (including phenoxy) is 2. The molecule has 0 amide bonds. The Morgan fingerprint density at radius 2 is 1.36 bits per heavy atom. The molecule has 0 spiro atoms. The second kappa shape index (κ2) is 18.8. The Balaban J connectivity index is 1.87. The number of hydrogen-bond acceptors (Lipinski definition) is 11. The first kappa shape index (κ1) is 39.4. The first-order valence-electron chi connectivity index (χ1n) is 19.3. The quantitative estimate of drug-likeness (QED) is 0.139. The van der Waals surface area contributed by atoms with E-state index in [4.69, 9.17) is 29.4 Å². The predicted octanol–water partition coefficient (Wildman–Crippen LogP) is 7.28. The number of unbranched alkanes of at least 4 members (excludes halogenated alkanes) is 2. The summed E-state index contributed by atoms with van der Waals surface area (Å²) in [5.74, 6) is 4.84. The fourth-order valence-electron chi connectivity index (χ4n) is 6.74. The highest BCUT2D eigenvalue weighted by atomic mass is 16.5. The zero-order valence-corrected chi connectivity index (χ0v) is 32.8. The zero-order valence-electron chi connectivity index (χ0n) is 32.8. The molecule has 50 heavy (non-hydrogen) atoms. The molecule has 2 aliphatic heterocycles. The highest BCUT2D eigenvalue weighted by molar-refractivity contribution is 5.95. The lowest BCUT2D eigenvalue weighted by molar-refractivity contribution is 0.0475. The summed E-state index contributed by atoms with van der Waals surface area (Å²) in [6.07, 6.45) is 9.62. The third-order valence-electron chi connectivity index (χ3n) is 9.92. The number of piperidine rings is 1. The van der Waals surface area contributed by atoms with E-state index in [9.17, 15) is 0 Å². The molecule has 2 saturated heterocycles. The number of rotatable bonds is 19. The molecular formula is C39H67N9O2. The molecule has 11 nitrogen and oxygen atoms in total. The zero-order chi connectivity index (χ0) is 36.3. The van der Waals surface area contributed by atoms with Crippen LogP contribution in [0.2, 0.25) is 0 Å². The van der Waals surface area contributed by atoms with Gasteiger partial charge in [-0.2, -0.15) is 9.97 Å². The Morgan fingerprint density at radius 1 is 0.800 bits per heavy atom. The van der Waals surface area contributed by atoms with E-state index < -0.39 is 0 Å². The number of aromatic nitrogens is 4. The van der Waals surface area contributed by atoms with Crippen LogP contribution in [0.1, 0.15) is 99.3 Å². The van der Waals surface area contributed by atoms with E-state index in [0.717, 1.165) is 143 Å². The van der Waals surface area contributed by atoms with Crippen LogP contribution in [0.5, 0.6) is 0 Å². The smallest absolute Gasteiger partial charge is 0.228 e. The molecular weight excluding hydrogens is 626 g/mol. The third kappa shape index (κ3) is 10.8. The Morgan fingerprint density at radius 3 is 1.88 bits per heavy atom. The van der Waals surface area contributed by atoms with E-state index in [1.807, 2.05) is 0 Å². The minimum Gasteiger partial charge on any atom is -0.493 e. The largest absolute Gasteiger partial charge is 0.493 e. The molecule has 0 saturated carbocycles. The number of piperazine rings is 1. The van der Waals surface area contributed by atoms with Gasteiger partial charge in [-0.1, -0.05) is 53.2 Å². The second-order valence-corrected chi connectivity index (χ2v) is 15.2. The van der Waals surface area contributed by atoms with Gasteiger partial charge in [0.2, 0.25) is 11.9 Å². The third-order valence-corrected chi connectivity index (χ3v) is 9.92. The summed E-state index contributed by atoms with van der Waals surface area (Å²) in [5, 5.41) is 0. The maximum absolute atomic E-state index is 6.05. The fraction of sp³-hybridized carbons (Fsp3) is 0.744. The molecule has 11 heteroatoms. The van der Waals surface area contributed by atoms with Crippen LogP contribution in [0.15, 0.2) is 24.6 Å². The van der Waals surface area contributed by atoms with E-state index in [1.165, 1.54) is 6.42 Å². The lowest BCUT2D eigenvalue weighted by atomic mass is 9.94. The Hall–Kier alpha value is -3.34. The van der Waals surface area contributed by atoms with Crippen LogP contribution in [-0.2, 0) is 9.47 Å². The average molecular weight is 694 g/mol. The molecule has 2 aromatic heterocycles. The number of allylic oxidation sites excluding steroid dienone is 1. The van der Waals surface area contributed by atoms with Gasteiger partial charge < -0.3 is 34.0 Å². The van der Waals surface area contributed by atoms with Gasteiger partial charge in [0.05, 0.1) is 18.9 Å². The summed E-state index contributed by atoms with van der Waals surface area (Å²) in [6.45, 7) is 29.8. The first-order valence-corrected chi connectivity index (χ1v) is 19.3. The van der Waals surface area contributed by atoms with Gasteiger partial charge >= 0.3 is 0 Å². The number of hydrogen-bond donors (Lipinski definition) is 0. The summed E-state index contributed by atoms with van der Waals surface area (Å²) >= 11 is 0. The Bertz CT molecular complexity index is 1380. The molecule has 0 radical (unpaired) electrons. The molecule has 0 aromatic carbocycles. The molecule has 0 aliphatic carbocycles. The minimum atomic E-state index is -0.265. The van der Waals surface area contributed by atoms with Gasteiger partial charge in [0, 0.05) is 78.6 Å². The van der Waals surface area contributed by atoms with Crippen molar-refractivity contribution >= 4 is 34.6 Å². The van der Waals surface area contributed by atoms with Crippen molar-refractivity contribution in [3.8, 4) is 0 Å². The van der Waals surface area contributed by atoms with E-state index in [2.05, 4.69) is 86.2 Å². The number of fused-ring (bicyclic) bond motifs is 1. The van der Waals surface area contributed by atoms with E-state index in [1.54, 1.807) is 7.11 Å². The molecule has 0 bridgehead atoms. The average Bonchev–Trinajstić information content (AvgIpc) is 3.09. The number of methoxy groups -OCH3 is 1. The van der Waals surface area contributed by atoms with Gasteiger partial charge in [0.25, 0.3) is 0 Å². The first-order chi connectivity index (χ1) is 24.0. The van der Waals surface area contributed by atoms with Crippen LogP contribution in [0.3, 0.4) is 0 Å². The van der Waals surface area contributed by atoms with Crippen LogP contribution in [0.25, 0.3) is 11.0 Å². The number of nitrogens with zero attached hydrogens (tertiary/aromatic N) is 9. The summed E-state index contributed by atoms with van der Waals surface area (Å²) in [7, 11) is 3.86. The number of anilines is 4. The Kier molecular flexibility index (Phi) is 14.8. The van der Waals surface area contributed by atoms with Crippen molar-refractivity contribution in [1.29, 1.82) is 0 Å². The van der Waals surface area contributed by atoms with Gasteiger partial charge in [-0.25, -0.2) is 9.97 Å². The SMILES string of the molecule is C=C(CCCN(CCOC)c1nc(N2CCN(C)C(=C)C2)c2nc(N(CCCC)CCCC)nc(N3CCC(CC)CC3)c2n1)OC(C)(C)C. The van der Waals surface area contributed by atoms with Gasteiger partial charge in [-0.05, 0) is 58.8 Å². The molecule has 0 N–H and O–H groups in total. The molecule has 4 heterocycles. The van der Waals surface area contributed by atoms with Gasteiger partial charge in [-0.3, -0.25) is 0 Å². The molecule has 0 atom stereocenters. The lowest BCUT2D eigenvalue weighted by Gasteiger charge is -2.37. The second-order valence-electron chi connectivity index (χ2n) is 15.2. The topological polar surface area (TPSA) is 86.2 Å². The maximum Gasteiger partial charge on any atom is 0.228 e. The molecule has 4 rings (SSSR count). The number of likely N-dealkylation sites (N-methyl/N-ethyl adjacent to an activating group) is 1. The van der Waals surface area contributed by atoms with Crippen molar-refractivity contribution < 1.29 is 9.47 Å². The standard InChI is InChI=1S/C39H67N9O2/c1-11-14-20-46(21-15-12-2)37-41-34-33(35(42-37)45-23-18-32(13-3)19-24-45)40-38(43-36(34)48-26-25-44(9)30(4)29-48)47(27-28-49-10)22-16-17-31(5)50-39(6,7)8/h32H,4-5,11-29H2,1-3,6-10H3. The van der Waals surface area contributed by atoms with Crippen molar-refractivity contribution in [2.75, 3.05) is 99.3 Å². The van der Waals surface area contributed by atoms with Crippen LogP contribution >= 0.6 is 0 Å². The Labute approximate surface area is 303 Å². The van der Waals surface area contributed by atoms with Crippen molar-refractivity contribution in [2.24, 2.45) is 5.92 Å². The van der Waals surface area contributed by atoms with Crippen LogP contribution < -0.4 is 19.6 Å². The van der Waals surface area contributed by atoms with Gasteiger partial charge in [0.1, 0.15) is 16.6 Å². The monoisotopic (exact) mass is 694 g/mol. The molecule has 2 aliphatic rings. The molecule has 280 valence electrons. The van der Waals surface area contributed by atoms with Crippen molar-refractivity contribution in [2.45, 2.75) is 105 Å². The van der Waals surface area contributed by atoms with E-state index in [0.29, 0.717) is 25.6 Å². The summed E-state index contributed by atoms with van der Waals surface area (Å²) in [4.78, 5) is 33.2. The summed E-state index contributed by atoms with van der Waals surface area (Å²) in [6, 6.07) is 0. The lowest BCUT2D eigenvalue weighted by Crippen LogP contribution is -2.43. The van der Waals surface area contributed by atoms with Crippen LogP contribution in [0.4, 0.5) is 23.5 Å². The fourth-order valence-corrected chi connectivity index (χ4v) is 6.74. The predicted molar refractivity (Wildman–Crippen MR) is 210 cm³/mol. The van der Waals surface area contributed by atoms with E-state index in [-0.39, 0.29) is 5.60 Å². The summed E-state index contributed by atoms with van der Waals surface area (Å²) in [5.41, 5.74) is 2.48. The van der Waals surface area contributed by atoms with Crippen LogP contribution in [-0.4, -0.2) is 110 Å². The normalized spacial score (nSPS) is 16.0. The minimum absolute atomic E-state index is 0.265. The highest BCUT2D eigenvalue weighted by Gasteiger charge is 2.29. The van der Waals surface area contributed by atoms with Gasteiger partial charge in [0.15, 0.2) is 11.6 Å². The molecule has 2 fully saturated rings. The summed E-state index contributed by atoms with van der Waals surface area (Å²) < 4.78 is 11.6. The van der Waals surface area contributed by atoms with Crippen molar-refractivity contribution in [3.63, 3.8) is 0 Å². The molecule has 2 aromatic rings. The van der Waals surface area contributed by atoms with Crippen molar-refractivity contribution in [1.82, 2.24) is 24.8 Å². The van der Waals surface area contributed by atoms with Crippen molar-refractivity contribution in [3.05, 3.63) is 24.6 Å².